The van der Waals surface area contributed by atoms with Gasteiger partial charge < -0.3 is 5.11 Å². The molecule has 0 saturated heterocycles. The van der Waals surface area contributed by atoms with Crippen molar-refractivity contribution >= 4 is 55.0 Å². The Kier molecular flexibility index (Phi) is 13.3. The molecule has 3 heterocycles. The first kappa shape index (κ1) is 39.9. The maximum absolute atomic E-state index is 12.2. The SMILES string of the molecule is CCC(C)(CC)C(=O)/C=C(\O)C(C)(CC)CC.Cc1[c-]c(-c2nccc3c2sc2cc(-c4c[c]([Ge]([CH3])([CH3])[CH3])co4)ccc23)cc(C)c1.[Ir]. The van der Waals surface area contributed by atoms with Crippen molar-refractivity contribution in [2.24, 2.45) is 10.8 Å². The molecule has 0 aliphatic carbocycles. The number of aryl methyl sites for hydroxylation is 2. The third-order valence-electron chi connectivity index (χ3n) is 10.1. The predicted octanol–water partition coefficient (Wildman–Crippen LogP) is 12.0. The van der Waals surface area contributed by atoms with Crippen molar-refractivity contribution in [3.8, 4) is 22.6 Å². The third-order valence-corrected chi connectivity index (χ3v) is 15.5. The molecule has 0 aliphatic rings. The van der Waals surface area contributed by atoms with E-state index in [-0.39, 0.29) is 42.5 Å². The molecule has 0 unspecified atom stereocenters. The van der Waals surface area contributed by atoms with E-state index in [4.69, 9.17) is 9.40 Å². The van der Waals surface area contributed by atoms with E-state index in [2.05, 4.69) is 79.6 Å². The number of carbonyl (C=O) groups is 1. The van der Waals surface area contributed by atoms with Crippen LogP contribution in [0, 0.1) is 30.7 Å². The second kappa shape index (κ2) is 16.0. The van der Waals surface area contributed by atoms with Crippen LogP contribution in [0.1, 0.15) is 78.4 Å². The van der Waals surface area contributed by atoms with E-state index in [1.54, 1.807) is 11.3 Å². The molecule has 0 bridgehead atoms. The van der Waals surface area contributed by atoms with Crippen LogP contribution in [0.15, 0.2) is 71.2 Å². The van der Waals surface area contributed by atoms with E-state index < -0.39 is 13.3 Å². The number of ketones is 1. The zero-order valence-corrected chi connectivity index (χ0v) is 35.9. The van der Waals surface area contributed by atoms with Crippen molar-refractivity contribution in [2.45, 2.75) is 98.3 Å². The average Bonchev–Trinajstić information content (AvgIpc) is 3.69. The molecule has 0 spiro atoms. The van der Waals surface area contributed by atoms with Crippen molar-refractivity contribution in [3.63, 3.8) is 0 Å². The van der Waals surface area contributed by atoms with Crippen LogP contribution in [-0.2, 0) is 24.9 Å². The second-order valence-electron chi connectivity index (χ2n) is 14.5. The fourth-order valence-electron chi connectivity index (χ4n) is 5.64. The van der Waals surface area contributed by atoms with Gasteiger partial charge in [-0.05, 0) is 25.7 Å². The summed E-state index contributed by atoms with van der Waals surface area (Å²) in [5.74, 6) is 8.42. The molecule has 5 aromatic rings. The number of benzene rings is 2. The number of allylic oxidation sites excluding steroid dienone is 2. The fourth-order valence-corrected chi connectivity index (χ4v) is 8.93. The number of thiophene rings is 1. The molecular weight excluding hydrogens is 851 g/mol. The molecule has 2 aromatic carbocycles. The van der Waals surface area contributed by atoms with E-state index >= 15 is 0 Å². The molecule has 4 nitrogen and oxygen atoms in total. The van der Waals surface area contributed by atoms with Crippen LogP contribution in [-0.4, -0.2) is 29.1 Å². The summed E-state index contributed by atoms with van der Waals surface area (Å²) in [6.45, 7) is 16.3. The van der Waals surface area contributed by atoms with Crippen LogP contribution in [0.4, 0.5) is 0 Å². The molecule has 1 N–H and O–H groups in total. The summed E-state index contributed by atoms with van der Waals surface area (Å²) >= 11 is -0.0896. The van der Waals surface area contributed by atoms with Gasteiger partial charge in [0, 0.05) is 37.0 Å². The Morgan fingerprint density at radius 3 is 2.15 bits per heavy atom. The summed E-state index contributed by atoms with van der Waals surface area (Å²) in [5, 5.41) is 12.7. The minimum absolute atomic E-state index is 0. The van der Waals surface area contributed by atoms with Crippen LogP contribution in [0.25, 0.3) is 42.8 Å². The van der Waals surface area contributed by atoms with Gasteiger partial charge >= 0.3 is 164 Å². The number of hydrogen-bond donors (Lipinski definition) is 1. The Hall–Kier alpha value is -2.51. The summed E-state index contributed by atoms with van der Waals surface area (Å²) in [4.78, 5) is 16.9. The molecule has 0 amide bonds. The van der Waals surface area contributed by atoms with E-state index in [1.165, 1.54) is 36.2 Å². The van der Waals surface area contributed by atoms with Gasteiger partial charge in [-0.3, -0.25) is 4.79 Å². The smallest absolute Gasteiger partial charge is 0.137 e. The quantitative estimate of drug-likeness (QED) is 0.0656. The monoisotopic (exact) mass is 905 g/mol. The molecule has 48 heavy (non-hydrogen) atoms. The summed E-state index contributed by atoms with van der Waals surface area (Å²) in [6, 6.07) is 18.8. The number of aromatic nitrogens is 1. The van der Waals surface area contributed by atoms with Crippen molar-refractivity contribution in [1.82, 2.24) is 4.98 Å². The van der Waals surface area contributed by atoms with Crippen molar-refractivity contribution < 1.29 is 34.4 Å². The molecule has 0 saturated carbocycles. The van der Waals surface area contributed by atoms with Crippen LogP contribution in [0.5, 0.6) is 0 Å². The van der Waals surface area contributed by atoms with E-state index in [0.29, 0.717) is 0 Å². The number of rotatable bonds is 10. The number of fused-ring (bicyclic) bond motifs is 3. The first-order valence-electron chi connectivity index (χ1n) is 17.0. The fraction of sp³-hybridized carbons (Fsp3) is 0.415. The summed E-state index contributed by atoms with van der Waals surface area (Å²) < 4.78 is 9.83. The molecule has 259 valence electrons. The summed E-state index contributed by atoms with van der Waals surface area (Å²) in [7, 11) is 0. The molecule has 0 fully saturated rings. The van der Waals surface area contributed by atoms with Gasteiger partial charge in [-0.25, -0.2) is 0 Å². The Labute approximate surface area is 308 Å². The zero-order valence-electron chi connectivity index (χ0n) is 30.6. The van der Waals surface area contributed by atoms with Crippen LogP contribution in [0.3, 0.4) is 0 Å². The maximum atomic E-state index is 12.2. The standard InChI is InChI=1S/C26H24GeNOS.C15H28O2.Ir/c1-16-10-17(2)12-19(11-16)25-26-22(8-9-28-25)21-7-6-18(13-24(21)30-26)23-14-20(15-29-23)27(3,4)5;1-7-14(5,8-2)12(16)11-13(17)15(6,9-3)10-4;/h6-11,13-15H,1-5H3;11,16H,7-10H2,1-6H3;/q-1;;/b;12-11-;. The van der Waals surface area contributed by atoms with Gasteiger partial charge in [0.05, 0.1) is 0 Å². The third kappa shape index (κ3) is 8.61. The second-order valence-corrected chi connectivity index (χ2v) is 26.2. The number of furan rings is 1. The molecule has 7 heteroatoms. The summed E-state index contributed by atoms with van der Waals surface area (Å²) in [6.07, 6.45) is 8.63. The van der Waals surface area contributed by atoms with Crippen molar-refractivity contribution in [2.75, 3.05) is 0 Å². The molecule has 3 aromatic heterocycles. The van der Waals surface area contributed by atoms with Gasteiger partial charge in [0.25, 0.3) is 0 Å². The zero-order chi connectivity index (χ0) is 34.7. The molecule has 0 aliphatic heterocycles. The number of aliphatic hydroxyl groups excluding tert-OH is 1. The molecule has 0 atom stereocenters. The Bertz CT molecular complexity index is 1880. The number of pyridine rings is 1. The Balaban J connectivity index is 0.000000301. The molecular formula is C41H52GeIrNO3S-. The number of hydrogen-bond acceptors (Lipinski definition) is 5. The minimum Gasteiger partial charge on any atom is -0.137 e. The van der Waals surface area contributed by atoms with E-state index in [1.807, 2.05) is 54.0 Å². The van der Waals surface area contributed by atoms with Gasteiger partial charge in [-0.15, -0.1) is 6.07 Å². The van der Waals surface area contributed by atoms with E-state index in [0.717, 1.165) is 53.8 Å². The summed E-state index contributed by atoms with van der Waals surface area (Å²) in [5.41, 5.74) is 5.00. The minimum atomic E-state index is -1.89. The number of aliphatic hydroxyl groups is 1. The predicted molar refractivity (Wildman–Crippen MR) is 205 cm³/mol. The Morgan fingerprint density at radius 1 is 0.938 bits per heavy atom. The number of carbonyl (C=O) groups excluding carboxylic acids is 1. The first-order valence-corrected chi connectivity index (χ1v) is 25.1. The number of nitrogens with zero attached hydrogens (tertiary/aromatic N) is 1. The van der Waals surface area contributed by atoms with Crippen molar-refractivity contribution in [1.29, 1.82) is 0 Å². The molecule has 1 radical (unpaired) electrons. The average molecular weight is 904 g/mol. The van der Waals surface area contributed by atoms with Crippen LogP contribution < -0.4 is 4.40 Å². The normalized spacial score (nSPS) is 12.5. The van der Waals surface area contributed by atoms with Gasteiger partial charge in [-0.1, -0.05) is 55.4 Å². The van der Waals surface area contributed by atoms with Gasteiger partial charge in [-0.2, -0.15) is 0 Å². The topological polar surface area (TPSA) is 63.3 Å². The molecule has 5 rings (SSSR count). The van der Waals surface area contributed by atoms with Crippen molar-refractivity contribution in [3.05, 3.63) is 84.0 Å². The van der Waals surface area contributed by atoms with Gasteiger partial charge in [0.1, 0.15) is 5.76 Å². The van der Waals surface area contributed by atoms with Gasteiger partial charge in [0.15, 0.2) is 5.78 Å². The Morgan fingerprint density at radius 2 is 1.58 bits per heavy atom. The van der Waals surface area contributed by atoms with E-state index in [9.17, 15) is 9.90 Å². The van der Waals surface area contributed by atoms with Crippen LogP contribution in [0.2, 0.25) is 17.3 Å². The first-order chi connectivity index (χ1) is 22.1. The van der Waals surface area contributed by atoms with Crippen LogP contribution >= 0.6 is 11.3 Å². The van der Waals surface area contributed by atoms with Gasteiger partial charge in [0.2, 0.25) is 0 Å².